The van der Waals surface area contributed by atoms with Crippen molar-refractivity contribution in [2.75, 3.05) is 4.72 Å². The quantitative estimate of drug-likeness (QED) is 0.725. The first-order valence-corrected chi connectivity index (χ1v) is 9.37. The second-order valence-electron chi connectivity index (χ2n) is 5.77. The van der Waals surface area contributed by atoms with Crippen molar-refractivity contribution < 1.29 is 8.42 Å². The van der Waals surface area contributed by atoms with Crippen molar-refractivity contribution in [3.63, 3.8) is 0 Å². The number of nitrogens with one attached hydrogen (secondary N) is 1. The summed E-state index contributed by atoms with van der Waals surface area (Å²) < 4.78 is 30.6. The van der Waals surface area contributed by atoms with E-state index in [4.69, 9.17) is 0 Å². The van der Waals surface area contributed by atoms with E-state index in [0.717, 1.165) is 11.1 Å². The van der Waals surface area contributed by atoms with E-state index >= 15 is 0 Å². The monoisotopic (exact) mass is 360 g/mol. The Morgan fingerprint density at radius 3 is 2.72 bits per heavy atom. The number of aromatic nitrogens is 5. The summed E-state index contributed by atoms with van der Waals surface area (Å²) in [5.74, 6) is 0.0382. The van der Waals surface area contributed by atoms with E-state index in [0.29, 0.717) is 18.8 Å². The van der Waals surface area contributed by atoms with Gasteiger partial charge in [-0.1, -0.05) is 29.8 Å². The Balaban J connectivity index is 1.77. The van der Waals surface area contributed by atoms with Crippen LogP contribution < -0.4 is 4.72 Å². The van der Waals surface area contributed by atoms with Crippen LogP contribution in [0.5, 0.6) is 0 Å². The second kappa shape index (κ2) is 6.67. The van der Waals surface area contributed by atoms with Gasteiger partial charge < -0.3 is 0 Å². The maximum absolute atomic E-state index is 12.5. The smallest absolute Gasteiger partial charge is 0.267 e. The van der Waals surface area contributed by atoms with Gasteiger partial charge in [0.2, 0.25) is 0 Å². The Morgan fingerprint density at radius 1 is 1.24 bits per heavy atom. The van der Waals surface area contributed by atoms with Crippen LogP contribution in [0.4, 0.5) is 5.95 Å². The number of benzene rings is 1. The topological polar surface area (TPSA) is 94.7 Å². The van der Waals surface area contributed by atoms with Crippen LogP contribution >= 0.6 is 0 Å². The van der Waals surface area contributed by atoms with E-state index in [1.54, 1.807) is 16.3 Å². The fourth-order valence-electron chi connectivity index (χ4n) is 2.60. The van der Waals surface area contributed by atoms with Gasteiger partial charge in [0.15, 0.2) is 0 Å². The molecule has 0 aliphatic rings. The Labute approximate surface area is 146 Å². The molecule has 0 bridgehead atoms. The summed E-state index contributed by atoms with van der Waals surface area (Å²) in [6, 6.07) is 8.03. The van der Waals surface area contributed by atoms with Crippen molar-refractivity contribution in [1.29, 1.82) is 0 Å². The van der Waals surface area contributed by atoms with E-state index in [2.05, 4.69) is 19.9 Å². The van der Waals surface area contributed by atoms with Crippen LogP contribution in [0.15, 0.2) is 41.7 Å². The van der Waals surface area contributed by atoms with Gasteiger partial charge >= 0.3 is 0 Å². The molecule has 0 saturated carbocycles. The first kappa shape index (κ1) is 17.2. The normalized spacial score (nSPS) is 11.6. The Kier molecular flexibility index (Phi) is 4.58. The molecule has 3 rings (SSSR count). The van der Waals surface area contributed by atoms with Crippen LogP contribution in [0.2, 0.25) is 0 Å². The minimum atomic E-state index is -3.77. The molecule has 2 aromatic heterocycles. The summed E-state index contributed by atoms with van der Waals surface area (Å²) in [5.41, 5.74) is 2.80. The molecule has 1 N–H and O–H groups in total. The minimum Gasteiger partial charge on any atom is -0.269 e. The molecule has 0 amide bonds. The van der Waals surface area contributed by atoms with Crippen molar-refractivity contribution in [3.05, 3.63) is 53.6 Å². The predicted octanol–water partition coefficient (Wildman–Crippen LogP) is 1.96. The van der Waals surface area contributed by atoms with Gasteiger partial charge in [0, 0.05) is 6.54 Å². The van der Waals surface area contributed by atoms with Gasteiger partial charge in [0.05, 0.1) is 18.4 Å². The van der Waals surface area contributed by atoms with Gasteiger partial charge in [-0.25, -0.2) is 17.8 Å². The molecule has 0 radical (unpaired) electrons. The largest absolute Gasteiger partial charge is 0.269 e. The van der Waals surface area contributed by atoms with E-state index in [9.17, 15) is 8.42 Å². The third-order valence-electron chi connectivity index (χ3n) is 3.84. The predicted molar refractivity (Wildman–Crippen MR) is 93.7 cm³/mol. The SMILES string of the molecule is CCn1ncc(S(=O)(=O)Nc2ncn(Cc3cccc(C)c3)n2)c1C. The number of anilines is 1. The molecule has 132 valence electrons. The number of rotatable bonds is 6. The molecule has 0 aliphatic carbocycles. The molecule has 8 nitrogen and oxygen atoms in total. The number of hydrogen-bond acceptors (Lipinski definition) is 5. The fourth-order valence-corrected chi connectivity index (χ4v) is 3.73. The molecular formula is C16H20N6O2S. The molecular weight excluding hydrogens is 340 g/mol. The van der Waals surface area contributed by atoms with Gasteiger partial charge in [0.25, 0.3) is 16.0 Å². The number of nitrogens with zero attached hydrogens (tertiary/aromatic N) is 5. The van der Waals surface area contributed by atoms with E-state index in [1.165, 1.54) is 12.5 Å². The molecule has 0 unspecified atom stereocenters. The molecule has 2 heterocycles. The van der Waals surface area contributed by atoms with Crippen LogP contribution in [0.1, 0.15) is 23.7 Å². The van der Waals surface area contributed by atoms with Crippen molar-refractivity contribution in [1.82, 2.24) is 24.5 Å². The fraction of sp³-hybridized carbons (Fsp3) is 0.312. The lowest BCUT2D eigenvalue weighted by atomic mass is 10.1. The summed E-state index contributed by atoms with van der Waals surface area (Å²) in [5, 5.41) is 8.25. The van der Waals surface area contributed by atoms with Crippen molar-refractivity contribution in [2.45, 2.75) is 38.8 Å². The average Bonchev–Trinajstić information content (AvgIpc) is 3.13. The van der Waals surface area contributed by atoms with Crippen molar-refractivity contribution in [3.8, 4) is 0 Å². The zero-order valence-electron chi connectivity index (χ0n) is 14.3. The number of hydrogen-bond donors (Lipinski definition) is 1. The first-order valence-electron chi connectivity index (χ1n) is 7.89. The summed E-state index contributed by atoms with van der Waals surface area (Å²) in [6.07, 6.45) is 2.84. The molecule has 25 heavy (non-hydrogen) atoms. The number of sulfonamides is 1. The van der Waals surface area contributed by atoms with Crippen LogP contribution in [0.25, 0.3) is 0 Å². The molecule has 0 aliphatic heterocycles. The van der Waals surface area contributed by atoms with Gasteiger partial charge in [-0.2, -0.15) is 10.1 Å². The van der Waals surface area contributed by atoms with Gasteiger partial charge in [-0.15, -0.1) is 5.10 Å². The zero-order chi connectivity index (χ0) is 18.0. The van der Waals surface area contributed by atoms with Gasteiger partial charge in [0.1, 0.15) is 11.2 Å². The summed E-state index contributed by atoms with van der Waals surface area (Å²) >= 11 is 0. The molecule has 9 heteroatoms. The number of aryl methyl sites for hydroxylation is 2. The summed E-state index contributed by atoms with van der Waals surface area (Å²) in [6.45, 7) is 6.75. The lowest BCUT2D eigenvalue weighted by Crippen LogP contribution is -2.15. The van der Waals surface area contributed by atoms with Crippen LogP contribution in [-0.4, -0.2) is 33.0 Å². The van der Waals surface area contributed by atoms with Crippen LogP contribution in [0.3, 0.4) is 0 Å². The van der Waals surface area contributed by atoms with E-state index < -0.39 is 10.0 Å². The average molecular weight is 360 g/mol. The zero-order valence-corrected chi connectivity index (χ0v) is 15.2. The van der Waals surface area contributed by atoms with Crippen molar-refractivity contribution in [2.24, 2.45) is 0 Å². The molecule has 3 aromatic rings. The van der Waals surface area contributed by atoms with E-state index in [-0.39, 0.29) is 10.8 Å². The van der Waals surface area contributed by atoms with Crippen LogP contribution in [-0.2, 0) is 23.1 Å². The third-order valence-corrected chi connectivity index (χ3v) is 5.27. The highest BCUT2D eigenvalue weighted by Gasteiger charge is 2.22. The molecule has 0 spiro atoms. The lowest BCUT2D eigenvalue weighted by molar-refractivity contribution is 0.597. The first-order chi connectivity index (χ1) is 11.9. The maximum atomic E-state index is 12.5. The standard InChI is InChI=1S/C16H20N6O2S/c1-4-22-13(3)15(9-18-22)25(23,24)20-16-17-11-21(19-16)10-14-7-5-6-12(2)8-14/h5-9,11H,4,10H2,1-3H3,(H,19,20). The van der Waals surface area contributed by atoms with Gasteiger partial charge in [-0.05, 0) is 26.3 Å². The van der Waals surface area contributed by atoms with E-state index in [1.807, 2.05) is 38.1 Å². The Morgan fingerprint density at radius 2 is 2.04 bits per heavy atom. The highest BCUT2D eigenvalue weighted by Crippen LogP contribution is 2.17. The molecule has 1 aromatic carbocycles. The summed E-state index contributed by atoms with van der Waals surface area (Å²) in [7, 11) is -3.77. The van der Waals surface area contributed by atoms with Crippen LogP contribution in [0, 0.1) is 13.8 Å². The highest BCUT2D eigenvalue weighted by molar-refractivity contribution is 7.92. The maximum Gasteiger partial charge on any atom is 0.267 e. The highest BCUT2D eigenvalue weighted by atomic mass is 32.2. The molecule has 0 saturated heterocycles. The Hall–Kier alpha value is -2.68. The molecule has 0 fully saturated rings. The lowest BCUT2D eigenvalue weighted by Gasteiger charge is -2.05. The minimum absolute atomic E-state index is 0.0382. The Bertz CT molecular complexity index is 990. The van der Waals surface area contributed by atoms with Gasteiger partial charge in [-0.3, -0.25) is 4.68 Å². The van der Waals surface area contributed by atoms with Crippen molar-refractivity contribution >= 4 is 16.0 Å². The second-order valence-corrected chi connectivity index (χ2v) is 7.42. The third kappa shape index (κ3) is 3.71. The summed E-state index contributed by atoms with van der Waals surface area (Å²) in [4.78, 5) is 4.17. The molecule has 0 atom stereocenters.